The minimum absolute atomic E-state index is 0.980. The molecule has 0 aromatic carbocycles. The van der Waals surface area contributed by atoms with Gasteiger partial charge in [-0.3, -0.25) is 0 Å². The van der Waals surface area contributed by atoms with Crippen LogP contribution in [0.2, 0.25) is 0 Å². The van der Waals surface area contributed by atoms with Crippen molar-refractivity contribution >= 4 is 0 Å². The molecule has 1 N–H and O–H groups in total. The van der Waals surface area contributed by atoms with Crippen molar-refractivity contribution in [3.05, 3.63) is 0 Å². The van der Waals surface area contributed by atoms with E-state index in [4.69, 9.17) is 0 Å². The van der Waals surface area contributed by atoms with Crippen molar-refractivity contribution in [2.24, 2.45) is 17.8 Å². The summed E-state index contributed by atoms with van der Waals surface area (Å²) in [4.78, 5) is 0. The summed E-state index contributed by atoms with van der Waals surface area (Å²) >= 11 is 0. The molecule has 14 heavy (non-hydrogen) atoms. The highest BCUT2D eigenvalue weighted by atomic mass is 14.9. The predicted molar refractivity (Wildman–Crippen MR) is 61.3 cm³/mol. The zero-order valence-electron chi connectivity index (χ0n) is 9.60. The number of hydrogen-bond acceptors (Lipinski definition) is 1. The van der Waals surface area contributed by atoms with Gasteiger partial charge in [0.05, 0.1) is 0 Å². The molecule has 0 aromatic heterocycles. The minimum atomic E-state index is 0.980. The Balaban J connectivity index is 1.71. The maximum Gasteiger partial charge on any atom is -0.00204 e. The van der Waals surface area contributed by atoms with E-state index < -0.39 is 0 Å². The summed E-state index contributed by atoms with van der Waals surface area (Å²) < 4.78 is 0. The van der Waals surface area contributed by atoms with Crippen LogP contribution >= 0.6 is 0 Å². The van der Waals surface area contributed by atoms with Gasteiger partial charge in [-0.2, -0.15) is 0 Å². The fourth-order valence-corrected chi connectivity index (χ4v) is 3.02. The van der Waals surface area contributed by atoms with Gasteiger partial charge in [0, 0.05) is 0 Å². The molecule has 1 heterocycles. The van der Waals surface area contributed by atoms with E-state index in [1.165, 1.54) is 58.0 Å². The first-order valence-corrected chi connectivity index (χ1v) is 6.57. The Morgan fingerprint density at radius 2 is 2.00 bits per heavy atom. The second kappa shape index (κ2) is 5.16. The van der Waals surface area contributed by atoms with Crippen molar-refractivity contribution in [3.8, 4) is 0 Å². The van der Waals surface area contributed by atoms with Crippen LogP contribution in [0, 0.1) is 17.8 Å². The largest absolute Gasteiger partial charge is 0.316 e. The van der Waals surface area contributed by atoms with Crippen molar-refractivity contribution in [2.45, 2.75) is 51.9 Å². The predicted octanol–water partition coefficient (Wildman–Crippen LogP) is 3.20. The molecule has 1 heteroatoms. The van der Waals surface area contributed by atoms with Crippen molar-refractivity contribution in [2.75, 3.05) is 13.1 Å². The van der Waals surface area contributed by atoms with Crippen LogP contribution in [0.3, 0.4) is 0 Å². The maximum absolute atomic E-state index is 3.58. The number of rotatable bonds is 3. The second-order valence-corrected chi connectivity index (χ2v) is 5.47. The van der Waals surface area contributed by atoms with E-state index in [-0.39, 0.29) is 0 Å². The molecule has 1 aliphatic heterocycles. The van der Waals surface area contributed by atoms with E-state index in [0.29, 0.717) is 0 Å². The monoisotopic (exact) mass is 195 g/mol. The molecule has 2 unspecified atom stereocenters. The van der Waals surface area contributed by atoms with Crippen LogP contribution in [-0.4, -0.2) is 13.1 Å². The first-order chi connectivity index (χ1) is 6.86. The van der Waals surface area contributed by atoms with Gasteiger partial charge < -0.3 is 5.32 Å². The third kappa shape index (κ3) is 2.73. The topological polar surface area (TPSA) is 12.0 Å². The Bertz CT molecular complexity index is 155. The first kappa shape index (κ1) is 10.5. The van der Waals surface area contributed by atoms with Gasteiger partial charge in [-0.1, -0.05) is 32.6 Å². The van der Waals surface area contributed by atoms with E-state index in [0.717, 1.165) is 17.8 Å². The molecular weight excluding hydrogens is 170 g/mol. The highest BCUT2D eigenvalue weighted by Crippen LogP contribution is 2.37. The number of nitrogens with one attached hydrogen (secondary N) is 1. The normalized spacial score (nSPS) is 31.9. The molecular formula is C13H25N. The smallest absolute Gasteiger partial charge is 0.00204 e. The third-order valence-corrected chi connectivity index (χ3v) is 4.31. The van der Waals surface area contributed by atoms with E-state index in [1.807, 2.05) is 0 Å². The van der Waals surface area contributed by atoms with Gasteiger partial charge in [-0.05, 0) is 50.1 Å². The fraction of sp³-hybridized carbons (Fsp3) is 1.00. The third-order valence-electron chi connectivity index (χ3n) is 4.31. The van der Waals surface area contributed by atoms with Crippen molar-refractivity contribution in [1.29, 1.82) is 0 Å². The van der Waals surface area contributed by atoms with Crippen LogP contribution in [0.15, 0.2) is 0 Å². The standard InChI is InChI=1S/C13H25N/c1-11(13-6-4-7-13)9-12-5-2-3-8-14-10-12/h11-14H,2-10H2,1H3. The maximum atomic E-state index is 3.58. The zero-order chi connectivity index (χ0) is 9.80. The highest BCUT2D eigenvalue weighted by Gasteiger charge is 2.26. The lowest BCUT2D eigenvalue weighted by Gasteiger charge is -2.33. The Labute approximate surface area is 88.7 Å². The lowest BCUT2D eigenvalue weighted by atomic mass is 9.73. The van der Waals surface area contributed by atoms with Crippen LogP contribution in [-0.2, 0) is 0 Å². The minimum Gasteiger partial charge on any atom is -0.316 e. The molecule has 0 bridgehead atoms. The Morgan fingerprint density at radius 3 is 2.71 bits per heavy atom. The summed E-state index contributed by atoms with van der Waals surface area (Å²) in [6.45, 7) is 5.03. The van der Waals surface area contributed by atoms with E-state index in [9.17, 15) is 0 Å². The van der Waals surface area contributed by atoms with Crippen LogP contribution in [0.5, 0.6) is 0 Å². The summed E-state index contributed by atoms with van der Waals surface area (Å²) in [5, 5.41) is 3.58. The lowest BCUT2D eigenvalue weighted by Crippen LogP contribution is -2.26. The van der Waals surface area contributed by atoms with E-state index in [1.54, 1.807) is 0 Å². The van der Waals surface area contributed by atoms with Crippen LogP contribution in [0.4, 0.5) is 0 Å². The van der Waals surface area contributed by atoms with Crippen molar-refractivity contribution in [3.63, 3.8) is 0 Å². The van der Waals surface area contributed by atoms with Gasteiger partial charge in [0.25, 0.3) is 0 Å². The van der Waals surface area contributed by atoms with Gasteiger partial charge in [0.1, 0.15) is 0 Å². The summed E-state index contributed by atoms with van der Waals surface area (Å²) in [5.41, 5.74) is 0. The molecule has 2 rings (SSSR count). The molecule has 0 radical (unpaired) electrons. The molecule has 1 saturated carbocycles. The average Bonchev–Trinajstić information content (AvgIpc) is 2.29. The van der Waals surface area contributed by atoms with Crippen LogP contribution < -0.4 is 5.32 Å². The second-order valence-electron chi connectivity index (χ2n) is 5.47. The summed E-state index contributed by atoms with van der Waals surface area (Å²) in [5.74, 6) is 3.06. The van der Waals surface area contributed by atoms with Gasteiger partial charge in [-0.25, -0.2) is 0 Å². The van der Waals surface area contributed by atoms with Crippen molar-refractivity contribution in [1.82, 2.24) is 5.32 Å². The molecule has 0 aromatic rings. The molecule has 2 fully saturated rings. The fourth-order valence-electron chi connectivity index (χ4n) is 3.02. The molecule has 82 valence electrons. The molecule has 1 aliphatic carbocycles. The summed E-state index contributed by atoms with van der Waals surface area (Å²) in [6.07, 6.45) is 10.3. The van der Waals surface area contributed by atoms with Gasteiger partial charge in [-0.15, -0.1) is 0 Å². The van der Waals surface area contributed by atoms with E-state index in [2.05, 4.69) is 12.2 Å². The van der Waals surface area contributed by atoms with Gasteiger partial charge in [0.15, 0.2) is 0 Å². The van der Waals surface area contributed by atoms with Crippen LogP contribution in [0.25, 0.3) is 0 Å². The van der Waals surface area contributed by atoms with E-state index >= 15 is 0 Å². The van der Waals surface area contributed by atoms with Gasteiger partial charge >= 0.3 is 0 Å². The Kier molecular flexibility index (Phi) is 3.86. The average molecular weight is 195 g/mol. The lowest BCUT2D eigenvalue weighted by molar-refractivity contribution is 0.186. The molecule has 1 nitrogen and oxygen atoms in total. The zero-order valence-corrected chi connectivity index (χ0v) is 9.60. The number of hydrogen-bond donors (Lipinski definition) is 1. The van der Waals surface area contributed by atoms with Crippen LogP contribution in [0.1, 0.15) is 51.9 Å². The first-order valence-electron chi connectivity index (χ1n) is 6.57. The quantitative estimate of drug-likeness (QED) is 0.729. The Hall–Kier alpha value is -0.0400. The molecule has 0 spiro atoms. The summed E-state index contributed by atoms with van der Waals surface area (Å²) in [6, 6.07) is 0. The molecule has 0 amide bonds. The molecule has 1 saturated heterocycles. The Morgan fingerprint density at radius 1 is 1.14 bits per heavy atom. The summed E-state index contributed by atoms with van der Waals surface area (Å²) in [7, 11) is 0. The highest BCUT2D eigenvalue weighted by molar-refractivity contribution is 4.78. The SMILES string of the molecule is CC(CC1CCCCNC1)C1CCC1. The van der Waals surface area contributed by atoms with Gasteiger partial charge in [0.2, 0.25) is 0 Å². The molecule has 2 atom stereocenters. The molecule has 2 aliphatic rings. The van der Waals surface area contributed by atoms with Crippen molar-refractivity contribution < 1.29 is 0 Å².